The van der Waals surface area contributed by atoms with Crippen molar-refractivity contribution in [3.63, 3.8) is 0 Å². The number of ether oxygens (including phenoxy) is 2. The lowest BCUT2D eigenvalue weighted by atomic mass is 10.1. The molecule has 1 fully saturated rings. The van der Waals surface area contributed by atoms with Crippen LogP contribution in [0.5, 0.6) is 11.5 Å². The average molecular weight is 397 g/mol. The molecule has 6 nitrogen and oxygen atoms in total. The summed E-state index contributed by atoms with van der Waals surface area (Å²) in [7, 11) is 0. The Bertz CT molecular complexity index is 802. The number of piperidine rings is 1. The second-order valence-corrected chi connectivity index (χ2v) is 7.19. The predicted molar refractivity (Wildman–Crippen MR) is 114 cm³/mol. The van der Waals surface area contributed by atoms with Gasteiger partial charge in [0, 0.05) is 0 Å². The fourth-order valence-electron chi connectivity index (χ4n) is 3.40. The van der Waals surface area contributed by atoms with Gasteiger partial charge in [-0.2, -0.15) is 5.10 Å². The van der Waals surface area contributed by atoms with E-state index in [4.69, 9.17) is 9.47 Å². The Balaban J connectivity index is 1.55. The first-order valence-corrected chi connectivity index (χ1v) is 10.3. The molecule has 1 saturated heterocycles. The van der Waals surface area contributed by atoms with Crippen molar-refractivity contribution in [2.75, 3.05) is 26.2 Å². The first-order valence-electron chi connectivity index (χ1n) is 10.3. The molecule has 0 bridgehead atoms. The molecule has 0 radical (unpaired) electrons. The van der Waals surface area contributed by atoms with Gasteiger partial charge in [0.25, 0.3) is 5.91 Å². The number of likely N-dealkylation sites (tertiary alicyclic amines) is 1. The number of amides is 1. The van der Waals surface area contributed by atoms with Crippen molar-refractivity contribution in [3.05, 3.63) is 59.7 Å². The number of rotatable bonds is 9. The molecule has 1 amide bonds. The zero-order valence-corrected chi connectivity index (χ0v) is 17.0. The van der Waals surface area contributed by atoms with Gasteiger partial charge in [0.2, 0.25) is 0 Å². The maximum Gasteiger partial charge on any atom is 0.295 e. The van der Waals surface area contributed by atoms with E-state index in [0.717, 1.165) is 24.2 Å². The van der Waals surface area contributed by atoms with Gasteiger partial charge in [0.05, 0.1) is 25.9 Å². The normalized spacial score (nSPS) is 14.7. The Labute approximate surface area is 172 Å². The van der Waals surface area contributed by atoms with Gasteiger partial charge in [-0.25, -0.2) is 5.43 Å². The first-order chi connectivity index (χ1) is 14.2. The average Bonchev–Trinajstić information content (AvgIpc) is 2.75. The quantitative estimate of drug-likeness (QED) is 0.504. The summed E-state index contributed by atoms with van der Waals surface area (Å²) in [6.07, 6.45) is 5.30. The lowest BCUT2D eigenvalue weighted by Gasteiger charge is -2.22. The number of hydrazone groups is 1. The van der Waals surface area contributed by atoms with Crippen molar-refractivity contribution in [2.45, 2.75) is 32.8 Å². The summed E-state index contributed by atoms with van der Waals surface area (Å²) in [5, 5.41) is 4.10. The van der Waals surface area contributed by atoms with E-state index in [2.05, 4.69) is 10.5 Å². The number of hydrogen-bond acceptors (Lipinski definition) is 4. The van der Waals surface area contributed by atoms with Crippen molar-refractivity contribution in [3.8, 4) is 11.5 Å². The molecule has 0 spiro atoms. The Morgan fingerprint density at radius 3 is 2.62 bits per heavy atom. The summed E-state index contributed by atoms with van der Waals surface area (Å²) in [6, 6.07) is 15.6. The third kappa shape index (κ3) is 6.91. The summed E-state index contributed by atoms with van der Waals surface area (Å²) in [5.74, 6) is 1.30. The maximum absolute atomic E-state index is 12.1. The number of carbonyl (C=O) groups is 1. The SMILES string of the molecule is CCOc1cc(/C=N\NC(=O)C[NH+]2CCCCC2)ccc1OCc1ccccc1. The highest BCUT2D eigenvalue weighted by molar-refractivity contribution is 5.83. The maximum atomic E-state index is 12.1. The molecule has 29 heavy (non-hydrogen) atoms. The standard InChI is InChI=1S/C23H29N3O3/c1-2-28-22-15-20(11-12-21(22)29-18-19-9-5-3-6-10-19)16-24-25-23(27)17-26-13-7-4-8-14-26/h3,5-6,9-12,15-16H,2,4,7-8,13-14,17-18H2,1H3,(H,25,27)/p+1/b24-16-. The highest BCUT2D eigenvalue weighted by atomic mass is 16.5. The zero-order chi connectivity index (χ0) is 20.3. The van der Waals surface area contributed by atoms with Gasteiger partial charge in [-0.05, 0) is 55.5 Å². The summed E-state index contributed by atoms with van der Waals surface area (Å²) >= 11 is 0. The number of nitrogens with one attached hydrogen (secondary N) is 2. The molecule has 1 aliphatic heterocycles. The number of quaternary nitrogens is 1. The van der Waals surface area contributed by atoms with E-state index < -0.39 is 0 Å². The second-order valence-electron chi connectivity index (χ2n) is 7.19. The lowest BCUT2D eigenvalue weighted by Crippen LogP contribution is -3.13. The molecule has 1 aliphatic rings. The van der Waals surface area contributed by atoms with Gasteiger partial charge in [0.15, 0.2) is 18.0 Å². The van der Waals surface area contributed by atoms with Gasteiger partial charge >= 0.3 is 0 Å². The predicted octanol–water partition coefficient (Wildman–Crippen LogP) is 2.18. The van der Waals surface area contributed by atoms with Crippen LogP contribution >= 0.6 is 0 Å². The van der Waals surface area contributed by atoms with E-state index >= 15 is 0 Å². The summed E-state index contributed by atoms with van der Waals surface area (Å²) in [5.41, 5.74) is 4.56. The van der Waals surface area contributed by atoms with Gasteiger partial charge in [-0.15, -0.1) is 0 Å². The van der Waals surface area contributed by atoms with Crippen LogP contribution in [0.1, 0.15) is 37.3 Å². The Hall–Kier alpha value is -2.86. The van der Waals surface area contributed by atoms with E-state index in [1.54, 1.807) is 6.21 Å². The van der Waals surface area contributed by atoms with Gasteiger partial charge in [0.1, 0.15) is 6.61 Å². The monoisotopic (exact) mass is 396 g/mol. The summed E-state index contributed by atoms with van der Waals surface area (Å²) in [4.78, 5) is 13.4. The largest absolute Gasteiger partial charge is 0.490 e. The molecule has 2 aromatic carbocycles. The summed E-state index contributed by atoms with van der Waals surface area (Å²) < 4.78 is 11.6. The van der Waals surface area contributed by atoms with Crippen molar-refractivity contribution in [1.82, 2.24) is 5.43 Å². The van der Waals surface area contributed by atoms with E-state index in [1.165, 1.54) is 24.2 Å². The van der Waals surface area contributed by atoms with Crippen LogP contribution in [-0.2, 0) is 11.4 Å². The number of benzene rings is 2. The molecule has 0 atom stereocenters. The molecule has 154 valence electrons. The fourth-order valence-corrected chi connectivity index (χ4v) is 3.40. The Morgan fingerprint density at radius 2 is 1.86 bits per heavy atom. The van der Waals surface area contributed by atoms with Crippen LogP contribution in [0.2, 0.25) is 0 Å². The molecule has 0 saturated carbocycles. The van der Waals surface area contributed by atoms with Crippen LogP contribution in [-0.4, -0.2) is 38.4 Å². The van der Waals surface area contributed by atoms with Crippen molar-refractivity contribution in [1.29, 1.82) is 0 Å². The van der Waals surface area contributed by atoms with Gasteiger partial charge in [-0.1, -0.05) is 30.3 Å². The van der Waals surface area contributed by atoms with Crippen molar-refractivity contribution < 1.29 is 19.2 Å². The fraction of sp³-hybridized carbons (Fsp3) is 0.391. The van der Waals surface area contributed by atoms with Crippen LogP contribution in [0.3, 0.4) is 0 Å². The smallest absolute Gasteiger partial charge is 0.295 e. The highest BCUT2D eigenvalue weighted by Crippen LogP contribution is 2.28. The van der Waals surface area contributed by atoms with Crippen molar-refractivity contribution in [2.24, 2.45) is 5.10 Å². The minimum absolute atomic E-state index is 0.0500. The Kier molecular flexibility index (Phi) is 8.07. The first kappa shape index (κ1) is 20.9. The highest BCUT2D eigenvalue weighted by Gasteiger charge is 2.16. The van der Waals surface area contributed by atoms with Crippen LogP contribution in [0.25, 0.3) is 0 Å². The van der Waals surface area contributed by atoms with Crippen LogP contribution in [0.15, 0.2) is 53.6 Å². The lowest BCUT2D eigenvalue weighted by molar-refractivity contribution is -0.896. The van der Waals surface area contributed by atoms with E-state index in [1.807, 2.05) is 55.5 Å². The minimum atomic E-state index is -0.0500. The Morgan fingerprint density at radius 1 is 1.07 bits per heavy atom. The molecule has 0 aromatic heterocycles. The molecular formula is C23H30N3O3+. The molecule has 2 N–H and O–H groups in total. The van der Waals surface area contributed by atoms with Crippen LogP contribution in [0, 0.1) is 0 Å². The number of carbonyl (C=O) groups excluding carboxylic acids is 1. The van der Waals surface area contributed by atoms with E-state index in [9.17, 15) is 4.79 Å². The molecule has 2 aromatic rings. The van der Waals surface area contributed by atoms with E-state index in [0.29, 0.717) is 31.3 Å². The minimum Gasteiger partial charge on any atom is -0.490 e. The third-order valence-electron chi connectivity index (χ3n) is 4.88. The van der Waals surface area contributed by atoms with Crippen molar-refractivity contribution >= 4 is 12.1 Å². The van der Waals surface area contributed by atoms with Gasteiger partial charge < -0.3 is 14.4 Å². The van der Waals surface area contributed by atoms with Crippen LogP contribution < -0.4 is 19.8 Å². The molecule has 0 unspecified atom stereocenters. The number of hydrogen-bond donors (Lipinski definition) is 2. The second kappa shape index (κ2) is 11.2. The molecule has 6 heteroatoms. The van der Waals surface area contributed by atoms with Gasteiger partial charge in [-0.3, -0.25) is 4.79 Å². The topological polar surface area (TPSA) is 64.4 Å². The zero-order valence-electron chi connectivity index (χ0n) is 17.0. The number of nitrogens with zero attached hydrogens (tertiary/aromatic N) is 1. The van der Waals surface area contributed by atoms with E-state index in [-0.39, 0.29) is 5.91 Å². The third-order valence-corrected chi connectivity index (χ3v) is 4.88. The molecule has 0 aliphatic carbocycles. The van der Waals surface area contributed by atoms with Crippen LogP contribution in [0.4, 0.5) is 0 Å². The molecule has 1 heterocycles. The summed E-state index contributed by atoms with van der Waals surface area (Å²) in [6.45, 7) is 5.57. The molecular weight excluding hydrogens is 366 g/mol. The molecule has 3 rings (SSSR count).